The molecule has 0 heterocycles. The zero-order valence-electron chi connectivity index (χ0n) is 8.57. The quantitative estimate of drug-likeness (QED) is 0.623. The maximum absolute atomic E-state index is 10.5. The highest BCUT2D eigenvalue weighted by molar-refractivity contribution is 5.72. The van der Waals surface area contributed by atoms with Crippen LogP contribution in [0.1, 0.15) is 32.6 Å². The fraction of sp³-hybridized carbons (Fsp3) is 0.900. The molecule has 4 nitrogen and oxygen atoms in total. The number of hydrogen-bond donors (Lipinski definition) is 3. The number of aliphatic hydroxyl groups is 1. The Balaban J connectivity index is 2.20. The highest BCUT2D eigenvalue weighted by Crippen LogP contribution is 2.23. The van der Waals surface area contributed by atoms with Crippen molar-refractivity contribution in [3.63, 3.8) is 0 Å². The van der Waals surface area contributed by atoms with E-state index >= 15 is 0 Å². The largest absolute Gasteiger partial charge is 0.480 e. The van der Waals surface area contributed by atoms with E-state index in [0.29, 0.717) is 12.5 Å². The summed E-state index contributed by atoms with van der Waals surface area (Å²) in [6.45, 7) is 2.34. The van der Waals surface area contributed by atoms with Crippen LogP contribution in [-0.2, 0) is 4.79 Å². The van der Waals surface area contributed by atoms with Crippen molar-refractivity contribution in [2.75, 3.05) is 6.54 Å². The van der Waals surface area contributed by atoms with Crippen molar-refractivity contribution in [2.45, 2.75) is 44.8 Å². The number of nitrogens with one attached hydrogen (secondary N) is 1. The molecule has 1 aliphatic rings. The molecule has 0 saturated heterocycles. The topological polar surface area (TPSA) is 69.6 Å². The number of carbonyl (C=O) groups is 1. The zero-order chi connectivity index (χ0) is 10.6. The Labute approximate surface area is 84.3 Å². The third-order valence-corrected chi connectivity index (χ3v) is 2.84. The van der Waals surface area contributed by atoms with Gasteiger partial charge in [0.05, 0.1) is 6.10 Å². The minimum Gasteiger partial charge on any atom is -0.480 e. The van der Waals surface area contributed by atoms with Crippen molar-refractivity contribution in [1.29, 1.82) is 0 Å². The monoisotopic (exact) mass is 201 g/mol. The van der Waals surface area contributed by atoms with Crippen molar-refractivity contribution in [2.24, 2.45) is 5.92 Å². The lowest BCUT2D eigenvalue weighted by atomic mass is 9.87. The SMILES string of the molecule is CC(NCC1CCCC(O)C1)C(=O)O. The first-order valence-electron chi connectivity index (χ1n) is 5.24. The molecular weight excluding hydrogens is 182 g/mol. The highest BCUT2D eigenvalue weighted by Gasteiger charge is 2.21. The van der Waals surface area contributed by atoms with Gasteiger partial charge in [-0.3, -0.25) is 4.79 Å². The second-order valence-electron chi connectivity index (χ2n) is 4.15. The smallest absolute Gasteiger partial charge is 0.320 e. The number of carboxylic acids is 1. The van der Waals surface area contributed by atoms with E-state index in [2.05, 4.69) is 5.32 Å². The van der Waals surface area contributed by atoms with Gasteiger partial charge in [-0.2, -0.15) is 0 Å². The fourth-order valence-electron chi connectivity index (χ4n) is 1.88. The van der Waals surface area contributed by atoms with E-state index in [9.17, 15) is 9.90 Å². The molecule has 0 aromatic rings. The molecule has 0 aromatic heterocycles. The summed E-state index contributed by atoms with van der Waals surface area (Å²) in [5, 5.41) is 21.0. The first-order chi connectivity index (χ1) is 6.59. The Kier molecular flexibility index (Phi) is 4.35. The minimum absolute atomic E-state index is 0.185. The van der Waals surface area contributed by atoms with Gasteiger partial charge in [0.1, 0.15) is 6.04 Å². The van der Waals surface area contributed by atoms with Gasteiger partial charge in [0.15, 0.2) is 0 Å². The van der Waals surface area contributed by atoms with Crippen molar-refractivity contribution >= 4 is 5.97 Å². The number of carboxylic acid groups (broad SMARTS) is 1. The van der Waals surface area contributed by atoms with E-state index in [1.54, 1.807) is 6.92 Å². The van der Waals surface area contributed by atoms with Crippen LogP contribution in [0, 0.1) is 5.92 Å². The average Bonchev–Trinajstić information content (AvgIpc) is 2.14. The molecule has 4 heteroatoms. The van der Waals surface area contributed by atoms with Crippen molar-refractivity contribution in [3.05, 3.63) is 0 Å². The van der Waals surface area contributed by atoms with Gasteiger partial charge in [0.2, 0.25) is 0 Å². The first kappa shape index (κ1) is 11.5. The van der Waals surface area contributed by atoms with Gasteiger partial charge in [-0.25, -0.2) is 0 Å². The summed E-state index contributed by atoms with van der Waals surface area (Å²) in [5.41, 5.74) is 0. The molecule has 0 bridgehead atoms. The second-order valence-corrected chi connectivity index (χ2v) is 4.15. The van der Waals surface area contributed by atoms with Crippen molar-refractivity contribution < 1.29 is 15.0 Å². The number of aliphatic carboxylic acids is 1. The second kappa shape index (κ2) is 5.32. The summed E-state index contributed by atoms with van der Waals surface area (Å²) in [6, 6.07) is -0.492. The Bertz CT molecular complexity index is 196. The molecule has 0 amide bonds. The predicted molar refractivity (Wildman–Crippen MR) is 53.1 cm³/mol. The molecule has 0 radical (unpaired) electrons. The van der Waals surface area contributed by atoms with E-state index in [4.69, 9.17) is 5.11 Å². The van der Waals surface area contributed by atoms with Crippen LogP contribution >= 0.6 is 0 Å². The van der Waals surface area contributed by atoms with Crippen molar-refractivity contribution in [1.82, 2.24) is 5.32 Å². The summed E-state index contributed by atoms with van der Waals surface area (Å²) >= 11 is 0. The van der Waals surface area contributed by atoms with Crippen LogP contribution < -0.4 is 5.32 Å². The van der Waals surface area contributed by atoms with Gasteiger partial charge in [-0.1, -0.05) is 6.42 Å². The molecule has 1 rings (SSSR count). The molecule has 0 aromatic carbocycles. The van der Waals surface area contributed by atoms with Crippen LogP contribution in [0.15, 0.2) is 0 Å². The van der Waals surface area contributed by atoms with Crippen LogP contribution in [0.2, 0.25) is 0 Å². The van der Waals surface area contributed by atoms with E-state index in [1.165, 1.54) is 0 Å². The van der Waals surface area contributed by atoms with Crippen LogP contribution in [0.4, 0.5) is 0 Å². The molecule has 14 heavy (non-hydrogen) atoms. The lowest BCUT2D eigenvalue weighted by Crippen LogP contribution is -2.38. The van der Waals surface area contributed by atoms with Gasteiger partial charge in [-0.15, -0.1) is 0 Å². The van der Waals surface area contributed by atoms with Gasteiger partial charge < -0.3 is 15.5 Å². The van der Waals surface area contributed by atoms with E-state index in [1.807, 2.05) is 0 Å². The van der Waals surface area contributed by atoms with Crippen LogP contribution in [0.25, 0.3) is 0 Å². The maximum atomic E-state index is 10.5. The van der Waals surface area contributed by atoms with Gasteiger partial charge in [0.25, 0.3) is 0 Å². The van der Waals surface area contributed by atoms with E-state index in [0.717, 1.165) is 25.7 Å². The molecule has 3 atom stereocenters. The normalized spacial score (nSPS) is 29.9. The number of hydrogen-bond acceptors (Lipinski definition) is 3. The summed E-state index contributed by atoms with van der Waals surface area (Å²) in [6.07, 6.45) is 3.66. The molecule has 0 spiro atoms. The first-order valence-corrected chi connectivity index (χ1v) is 5.24. The molecule has 1 aliphatic carbocycles. The van der Waals surface area contributed by atoms with Gasteiger partial charge >= 0.3 is 5.97 Å². The van der Waals surface area contributed by atoms with E-state index in [-0.39, 0.29) is 6.10 Å². The third kappa shape index (κ3) is 3.64. The molecule has 3 N–H and O–H groups in total. The standard InChI is InChI=1S/C10H19NO3/c1-7(10(13)14)11-6-8-3-2-4-9(12)5-8/h7-9,11-12H,2-6H2,1H3,(H,13,14). The Morgan fingerprint density at radius 2 is 2.29 bits per heavy atom. The maximum Gasteiger partial charge on any atom is 0.320 e. The fourth-order valence-corrected chi connectivity index (χ4v) is 1.88. The molecule has 1 fully saturated rings. The summed E-state index contributed by atoms with van der Waals surface area (Å²) in [7, 11) is 0. The Morgan fingerprint density at radius 1 is 1.57 bits per heavy atom. The van der Waals surface area contributed by atoms with Gasteiger partial charge in [0, 0.05) is 0 Å². The summed E-state index contributed by atoms with van der Waals surface area (Å²) in [4.78, 5) is 10.5. The lowest BCUT2D eigenvalue weighted by Gasteiger charge is -2.26. The molecule has 1 saturated carbocycles. The van der Waals surface area contributed by atoms with E-state index < -0.39 is 12.0 Å². The summed E-state index contributed by atoms with van der Waals surface area (Å²) in [5.74, 6) is -0.387. The minimum atomic E-state index is -0.818. The zero-order valence-corrected chi connectivity index (χ0v) is 8.57. The molecule has 3 unspecified atom stereocenters. The Hall–Kier alpha value is -0.610. The predicted octanol–water partition coefficient (Wildman–Crippen LogP) is 0.600. The third-order valence-electron chi connectivity index (χ3n) is 2.84. The van der Waals surface area contributed by atoms with Crippen LogP contribution in [0.5, 0.6) is 0 Å². The molecular formula is C10H19NO3. The van der Waals surface area contributed by atoms with Crippen molar-refractivity contribution in [3.8, 4) is 0 Å². The Morgan fingerprint density at radius 3 is 2.86 bits per heavy atom. The average molecular weight is 201 g/mol. The summed E-state index contributed by atoms with van der Waals surface area (Å²) < 4.78 is 0. The number of aliphatic hydroxyl groups excluding tert-OH is 1. The number of rotatable bonds is 4. The van der Waals surface area contributed by atoms with Gasteiger partial charge in [-0.05, 0) is 38.6 Å². The van der Waals surface area contributed by atoms with Crippen LogP contribution in [-0.4, -0.2) is 34.9 Å². The molecule has 82 valence electrons. The van der Waals surface area contributed by atoms with Crippen LogP contribution in [0.3, 0.4) is 0 Å². The lowest BCUT2D eigenvalue weighted by molar-refractivity contribution is -0.139. The highest BCUT2D eigenvalue weighted by atomic mass is 16.4. The molecule has 0 aliphatic heterocycles.